The summed E-state index contributed by atoms with van der Waals surface area (Å²) in [5.74, 6) is -2.66. The van der Waals surface area contributed by atoms with Crippen LogP contribution in [-0.2, 0) is 9.59 Å². The summed E-state index contributed by atoms with van der Waals surface area (Å²) >= 11 is 0. The van der Waals surface area contributed by atoms with Crippen molar-refractivity contribution in [1.29, 1.82) is 0 Å². The fourth-order valence-corrected chi connectivity index (χ4v) is 2.57. The topological polar surface area (TPSA) is 63.4 Å². The molecule has 0 aromatic heterocycles. The zero-order valence-corrected chi connectivity index (χ0v) is 12.3. The number of carbonyl (C=O) groups excluding carboxylic acids is 2. The van der Waals surface area contributed by atoms with Gasteiger partial charge in [-0.3, -0.25) is 9.59 Å². The highest BCUT2D eigenvalue weighted by Crippen LogP contribution is 2.22. The van der Waals surface area contributed by atoms with Crippen LogP contribution in [0, 0.1) is 17.6 Å². The van der Waals surface area contributed by atoms with Gasteiger partial charge in [0.1, 0.15) is 11.6 Å². The van der Waals surface area contributed by atoms with Gasteiger partial charge in [-0.05, 0) is 38.0 Å². The Morgan fingerprint density at radius 3 is 2.50 bits per heavy atom. The van der Waals surface area contributed by atoms with Crippen LogP contribution < -0.4 is 5.73 Å². The number of hydrogen-bond donors (Lipinski definition) is 1. The van der Waals surface area contributed by atoms with E-state index in [0.717, 1.165) is 24.3 Å². The van der Waals surface area contributed by atoms with Gasteiger partial charge in [0.05, 0.1) is 5.92 Å². The molecule has 0 spiro atoms. The smallest absolute Gasteiger partial charge is 0.246 e. The molecule has 1 aromatic rings. The molecule has 2 atom stereocenters. The first-order valence-electron chi connectivity index (χ1n) is 7.12. The number of piperidine rings is 1. The van der Waals surface area contributed by atoms with Gasteiger partial charge in [0.25, 0.3) is 0 Å². The molecule has 1 aliphatic rings. The third-order valence-corrected chi connectivity index (χ3v) is 3.96. The molecule has 1 heterocycles. The van der Waals surface area contributed by atoms with Crippen LogP contribution in [-0.4, -0.2) is 29.3 Å². The van der Waals surface area contributed by atoms with Crippen molar-refractivity contribution in [2.75, 3.05) is 6.54 Å². The molecule has 0 bridgehead atoms. The van der Waals surface area contributed by atoms with E-state index in [-0.39, 0.29) is 30.0 Å². The second-order valence-electron chi connectivity index (χ2n) is 5.48. The molecule has 0 unspecified atom stereocenters. The van der Waals surface area contributed by atoms with Gasteiger partial charge in [0.15, 0.2) is 0 Å². The number of nitrogens with zero attached hydrogens (tertiary/aromatic N) is 1. The molecule has 118 valence electrons. The van der Waals surface area contributed by atoms with Gasteiger partial charge in [-0.25, -0.2) is 8.78 Å². The quantitative estimate of drug-likeness (QED) is 0.869. The van der Waals surface area contributed by atoms with Crippen LogP contribution in [0.3, 0.4) is 0 Å². The number of amides is 2. The molecule has 2 N–H and O–H groups in total. The third-order valence-electron chi connectivity index (χ3n) is 3.96. The number of rotatable bonds is 3. The van der Waals surface area contributed by atoms with E-state index in [2.05, 4.69) is 0 Å². The zero-order chi connectivity index (χ0) is 16.3. The van der Waals surface area contributed by atoms with Crippen molar-refractivity contribution in [3.8, 4) is 0 Å². The van der Waals surface area contributed by atoms with Crippen LogP contribution in [0.5, 0.6) is 0 Å². The zero-order valence-electron chi connectivity index (χ0n) is 12.3. The van der Waals surface area contributed by atoms with Crippen molar-refractivity contribution in [3.05, 3.63) is 41.5 Å². The minimum atomic E-state index is -0.731. The number of benzene rings is 1. The molecule has 1 aromatic carbocycles. The Morgan fingerprint density at radius 2 is 1.91 bits per heavy atom. The molecule has 0 aliphatic carbocycles. The monoisotopic (exact) mass is 308 g/mol. The summed E-state index contributed by atoms with van der Waals surface area (Å²) in [5.41, 5.74) is 5.03. The van der Waals surface area contributed by atoms with Crippen LogP contribution in [0.4, 0.5) is 8.78 Å². The standard InChI is InChI=1S/C16H18F2N2O2/c1-10-5-6-11(16(19)22)9-20(10)15(21)8-7-12-13(17)3-2-4-14(12)18/h2-4,7-8,10-11H,5-6,9H2,1H3,(H2,19,22)/b8-7-/t10-,11-/m1/s1. The van der Waals surface area contributed by atoms with Crippen LogP contribution in [0.2, 0.25) is 0 Å². The molecule has 0 saturated carbocycles. The Bertz CT molecular complexity index is 596. The van der Waals surface area contributed by atoms with E-state index in [1.807, 2.05) is 6.92 Å². The number of primary amides is 1. The molecular weight excluding hydrogens is 290 g/mol. The fourth-order valence-electron chi connectivity index (χ4n) is 2.57. The van der Waals surface area contributed by atoms with Gasteiger partial charge in [0.2, 0.25) is 11.8 Å². The van der Waals surface area contributed by atoms with E-state index in [9.17, 15) is 18.4 Å². The molecule has 2 rings (SSSR count). The average Bonchev–Trinajstić information content (AvgIpc) is 2.46. The van der Waals surface area contributed by atoms with Gasteiger partial charge in [-0.1, -0.05) is 6.07 Å². The lowest BCUT2D eigenvalue weighted by molar-refractivity contribution is -0.133. The van der Waals surface area contributed by atoms with Crippen molar-refractivity contribution in [2.45, 2.75) is 25.8 Å². The number of hydrogen-bond acceptors (Lipinski definition) is 2. The second kappa shape index (κ2) is 6.68. The van der Waals surface area contributed by atoms with Crippen LogP contribution in [0.15, 0.2) is 24.3 Å². The number of halogens is 2. The first-order chi connectivity index (χ1) is 10.4. The Labute approximate surface area is 127 Å². The molecule has 1 saturated heterocycles. The third kappa shape index (κ3) is 3.50. The molecule has 0 radical (unpaired) electrons. The van der Waals surface area contributed by atoms with E-state index in [1.165, 1.54) is 11.0 Å². The lowest BCUT2D eigenvalue weighted by Gasteiger charge is -2.36. The lowest BCUT2D eigenvalue weighted by Crippen LogP contribution is -2.48. The summed E-state index contributed by atoms with van der Waals surface area (Å²) in [6.07, 6.45) is 3.56. The first-order valence-corrected chi connectivity index (χ1v) is 7.12. The van der Waals surface area contributed by atoms with Gasteiger partial charge in [-0.2, -0.15) is 0 Å². The summed E-state index contributed by atoms with van der Waals surface area (Å²) in [5, 5.41) is 0. The molecule has 2 amide bonds. The highest BCUT2D eigenvalue weighted by atomic mass is 19.1. The van der Waals surface area contributed by atoms with Gasteiger partial charge in [-0.15, -0.1) is 0 Å². The molecule has 1 aliphatic heterocycles. The SMILES string of the molecule is C[C@@H]1CC[C@@H](C(N)=O)CN1C(=O)/C=C\c1c(F)cccc1F. The van der Waals surface area contributed by atoms with Crippen molar-refractivity contribution in [3.63, 3.8) is 0 Å². The molecule has 1 fully saturated rings. The van der Waals surface area contributed by atoms with Gasteiger partial charge >= 0.3 is 0 Å². The van der Waals surface area contributed by atoms with Crippen LogP contribution >= 0.6 is 0 Å². The Kier molecular flexibility index (Phi) is 4.90. The normalized spacial score (nSPS) is 22.0. The van der Waals surface area contributed by atoms with Crippen LogP contribution in [0.25, 0.3) is 6.08 Å². The van der Waals surface area contributed by atoms with Crippen molar-refractivity contribution in [1.82, 2.24) is 4.90 Å². The average molecular weight is 308 g/mol. The fraction of sp³-hybridized carbons (Fsp3) is 0.375. The summed E-state index contributed by atoms with van der Waals surface area (Å²) < 4.78 is 27.0. The predicted molar refractivity (Wildman–Crippen MR) is 78.5 cm³/mol. The van der Waals surface area contributed by atoms with Crippen molar-refractivity contribution < 1.29 is 18.4 Å². The van der Waals surface area contributed by atoms with E-state index in [1.54, 1.807) is 0 Å². The second-order valence-corrected chi connectivity index (χ2v) is 5.48. The van der Waals surface area contributed by atoms with Gasteiger partial charge in [0, 0.05) is 24.2 Å². The minimum Gasteiger partial charge on any atom is -0.369 e. The van der Waals surface area contributed by atoms with E-state index in [4.69, 9.17) is 5.73 Å². The molecule has 22 heavy (non-hydrogen) atoms. The number of carbonyl (C=O) groups is 2. The highest BCUT2D eigenvalue weighted by Gasteiger charge is 2.30. The Morgan fingerprint density at radius 1 is 1.27 bits per heavy atom. The largest absolute Gasteiger partial charge is 0.369 e. The van der Waals surface area contributed by atoms with E-state index in [0.29, 0.717) is 12.8 Å². The maximum atomic E-state index is 13.5. The maximum Gasteiger partial charge on any atom is 0.246 e. The minimum absolute atomic E-state index is 0.0433. The summed E-state index contributed by atoms with van der Waals surface area (Å²) in [6.45, 7) is 2.10. The highest BCUT2D eigenvalue weighted by molar-refractivity contribution is 5.92. The summed E-state index contributed by atoms with van der Waals surface area (Å²) in [4.78, 5) is 25.0. The molecular formula is C16H18F2N2O2. The molecule has 4 nitrogen and oxygen atoms in total. The summed E-state index contributed by atoms with van der Waals surface area (Å²) in [6, 6.07) is 3.46. The van der Waals surface area contributed by atoms with Gasteiger partial charge < -0.3 is 10.6 Å². The molecule has 6 heteroatoms. The Hall–Kier alpha value is -2.24. The first kappa shape index (κ1) is 16.1. The van der Waals surface area contributed by atoms with E-state index >= 15 is 0 Å². The van der Waals surface area contributed by atoms with Crippen molar-refractivity contribution in [2.24, 2.45) is 11.7 Å². The van der Waals surface area contributed by atoms with Crippen molar-refractivity contribution >= 4 is 17.9 Å². The lowest BCUT2D eigenvalue weighted by atomic mass is 9.93. The number of likely N-dealkylation sites (tertiary alicyclic amines) is 1. The summed E-state index contributed by atoms with van der Waals surface area (Å²) in [7, 11) is 0. The number of nitrogens with two attached hydrogens (primary N) is 1. The Balaban J connectivity index is 2.13. The van der Waals surface area contributed by atoms with E-state index < -0.39 is 17.5 Å². The predicted octanol–water partition coefficient (Wildman–Crippen LogP) is 2.09. The maximum absolute atomic E-state index is 13.5. The van der Waals surface area contributed by atoms with Crippen LogP contribution in [0.1, 0.15) is 25.3 Å².